The number of rotatable bonds is 24. The molecule has 0 heterocycles. The number of carbonyl (C=O) groups is 4. The summed E-state index contributed by atoms with van der Waals surface area (Å²) in [5.74, 6) is -11.3. The van der Waals surface area contributed by atoms with E-state index in [1.165, 1.54) is 101 Å². The summed E-state index contributed by atoms with van der Waals surface area (Å²) in [6.45, 7) is -3.26. The molecular formula is C68H64O24. The predicted octanol–water partition coefficient (Wildman–Crippen LogP) is 8.47. The van der Waals surface area contributed by atoms with Crippen molar-refractivity contribution >= 4 is 23.9 Å². The molecule has 0 saturated carbocycles. The maximum absolute atomic E-state index is 12.4. The van der Waals surface area contributed by atoms with Crippen molar-refractivity contribution in [3.05, 3.63) is 212 Å². The van der Waals surface area contributed by atoms with Gasteiger partial charge in [-0.05, 0) is 95.1 Å². The smallest absolute Gasteiger partial charge is 0.346 e. The SMILES string of the molecule is COCOC(=O)COc1ccc(C2c3cc(c(O)cc3O)C(c3ccc(OCC(=O)OCOC)cc3)c3cc(c(O)cc3O)C(c3ccc(OCC(=O)OCOC)cc3)c3cc(c(O)cc3O)C(c3ccc(OCC(=O)OCOC)cc3)c3cc2c(O)cc3O)cc1. The van der Waals surface area contributed by atoms with Crippen molar-refractivity contribution in [1.82, 2.24) is 0 Å². The highest BCUT2D eigenvalue weighted by Crippen LogP contribution is 2.54. The Morgan fingerprint density at radius 3 is 0.587 bits per heavy atom. The Kier molecular flexibility index (Phi) is 21.4. The molecule has 0 aromatic heterocycles. The molecule has 0 amide bonds. The predicted molar refractivity (Wildman–Crippen MR) is 322 cm³/mol. The van der Waals surface area contributed by atoms with E-state index in [4.69, 9.17) is 56.8 Å². The molecule has 92 heavy (non-hydrogen) atoms. The van der Waals surface area contributed by atoms with E-state index in [1.807, 2.05) is 0 Å². The maximum atomic E-state index is 12.4. The van der Waals surface area contributed by atoms with Gasteiger partial charge in [-0.3, -0.25) is 0 Å². The first-order chi connectivity index (χ1) is 44.4. The minimum atomic E-state index is -1.27. The number of hydrogen-bond acceptors (Lipinski definition) is 24. The highest BCUT2D eigenvalue weighted by atomic mass is 16.7. The van der Waals surface area contributed by atoms with Gasteiger partial charge in [-0.15, -0.1) is 0 Å². The van der Waals surface area contributed by atoms with E-state index >= 15 is 0 Å². The van der Waals surface area contributed by atoms with E-state index in [1.54, 1.807) is 48.5 Å². The van der Waals surface area contributed by atoms with Crippen LogP contribution in [0.4, 0.5) is 0 Å². The van der Waals surface area contributed by atoms with Gasteiger partial charge in [0.25, 0.3) is 0 Å². The Labute approximate surface area is 525 Å². The lowest BCUT2D eigenvalue weighted by Gasteiger charge is -2.30. The van der Waals surface area contributed by atoms with Gasteiger partial charge in [-0.1, -0.05) is 48.5 Å². The molecule has 8 bridgehead atoms. The van der Waals surface area contributed by atoms with Crippen molar-refractivity contribution in [2.45, 2.75) is 23.7 Å². The molecule has 0 radical (unpaired) electrons. The number of carbonyl (C=O) groups excluding carboxylic acids is 4. The van der Waals surface area contributed by atoms with Crippen LogP contribution in [0.5, 0.6) is 69.0 Å². The van der Waals surface area contributed by atoms with Crippen molar-refractivity contribution in [2.75, 3.05) is 82.0 Å². The lowest BCUT2D eigenvalue weighted by Crippen LogP contribution is -2.16. The molecule has 0 atom stereocenters. The average molecular weight is 1270 g/mol. The summed E-state index contributed by atoms with van der Waals surface area (Å²) in [7, 11) is 5.39. The third-order valence-corrected chi connectivity index (χ3v) is 14.8. The van der Waals surface area contributed by atoms with E-state index in [0.29, 0.717) is 22.3 Å². The monoisotopic (exact) mass is 1260 g/mol. The summed E-state index contributed by atoms with van der Waals surface area (Å²) in [6.07, 6.45) is 0. The number of phenols is 8. The van der Waals surface area contributed by atoms with Crippen molar-refractivity contribution in [3.8, 4) is 69.0 Å². The average Bonchev–Trinajstić information content (AvgIpc) is 0.756. The first-order valence-electron chi connectivity index (χ1n) is 28.1. The summed E-state index contributed by atoms with van der Waals surface area (Å²) in [5, 5.41) is 98.7. The zero-order chi connectivity index (χ0) is 65.6. The number of phenolic OH excluding ortho intramolecular Hbond substituents is 8. The zero-order valence-electron chi connectivity index (χ0n) is 49.9. The maximum Gasteiger partial charge on any atom is 0.346 e. The van der Waals surface area contributed by atoms with E-state index < -0.39 is 120 Å². The second-order valence-corrected chi connectivity index (χ2v) is 20.7. The molecule has 0 aliphatic heterocycles. The van der Waals surface area contributed by atoms with Gasteiger partial charge >= 0.3 is 23.9 Å². The van der Waals surface area contributed by atoms with Gasteiger partial charge in [-0.25, -0.2) is 19.2 Å². The summed E-state index contributed by atoms with van der Waals surface area (Å²) >= 11 is 0. The van der Waals surface area contributed by atoms with Gasteiger partial charge in [-0.2, -0.15) is 0 Å². The Morgan fingerprint density at radius 2 is 0.435 bits per heavy atom. The first-order valence-corrected chi connectivity index (χ1v) is 28.1. The van der Waals surface area contributed by atoms with Crippen LogP contribution >= 0.6 is 0 Å². The van der Waals surface area contributed by atoms with Crippen LogP contribution in [0.1, 0.15) is 90.4 Å². The van der Waals surface area contributed by atoms with Crippen LogP contribution in [0, 0.1) is 0 Å². The summed E-state index contributed by atoms with van der Waals surface area (Å²) in [5.41, 5.74) is 1.57. The van der Waals surface area contributed by atoms with Crippen LogP contribution in [-0.2, 0) is 57.1 Å². The Balaban J connectivity index is 1.33. The van der Waals surface area contributed by atoms with Crippen molar-refractivity contribution in [1.29, 1.82) is 0 Å². The number of fused-ring (bicyclic) bond motifs is 8. The standard InChI is InChI=1S/C68H64O24/c1-81-33-89-61(77)29-85-41-13-5-37(6-14-41)65-45-21-47(55(71)25-53(45)69)66(38-7-15-42(16-8-38)86-30-62(78)90-34-82-2)49-23-51(59(75)27-57(49)73)68(40-11-19-44(20-12-40)88-32-64(80)92-36-84-4)52-24-50(58(74)28-60(52)76)67(48-22-46(65)54(70)26-56(48)72)39-9-17-43(18-10-39)87-31-63(79)91-35-83-3/h5-28,65-76H,29-36H2,1-4H3. The lowest BCUT2D eigenvalue weighted by atomic mass is 9.75. The number of aromatic hydroxyl groups is 8. The molecule has 1 aliphatic carbocycles. The molecule has 1 aliphatic rings. The Bertz CT molecular complexity index is 3300. The number of methoxy groups -OCH3 is 4. The fraction of sp³-hybridized carbons (Fsp3) is 0.235. The van der Waals surface area contributed by atoms with Crippen LogP contribution in [0.3, 0.4) is 0 Å². The number of benzene rings is 8. The van der Waals surface area contributed by atoms with Crippen LogP contribution in [-0.4, -0.2) is 147 Å². The molecule has 8 N–H and O–H groups in total. The minimum Gasteiger partial charge on any atom is -0.507 e. The quantitative estimate of drug-likeness (QED) is 0.0160. The molecule has 24 nitrogen and oxygen atoms in total. The van der Waals surface area contributed by atoms with Crippen LogP contribution in [0.25, 0.3) is 0 Å². The van der Waals surface area contributed by atoms with E-state index in [-0.39, 0.29) is 94.7 Å². The van der Waals surface area contributed by atoms with E-state index in [2.05, 4.69) is 0 Å². The molecule has 0 fully saturated rings. The van der Waals surface area contributed by atoms with Gasteiger partial charge in [0.2, 0.25) is 0 Å². The van der Waals surface area contributed by atoms with Crippen LogP contribution < -0.4 is 18.9 Å². The van der Waals surface area contributed by atoms with E-state index in [9.17, 15) is 60.0 Å². The Morgan fingerprint density at radius 1 is 0.272 bits per heavy atom. The van der Waals surface area contributed by atoms with E-state index in [0.717, 1.165) is 24.3 Å². The largest absolute Gasteiger partial charge is 0.507 e. The van der Waals surface area contributed by atoms with Gasteiger partial charge in [0.15, 0.2) is 53.6 Å². The van der Waals surface area contributed by atoms with Crippen molar-refractivity contribution < 1.29 is 117 Å². The molecule has 480 valence electrons. The van der Waals surface area contributed by atoms with Gasteiger partial charge < -0.3 is 97.7 Å². The summed E-state index contributed by atoms with van der Waals surface area (Å²) in [6, 6.07) is 35.0. The topological polar surface area (TPSA) is 341 Å². The van der Waals surface area contributed by atoms with Crippen molar-refractivity contribution in [3.63, 3.8) is 0 Å². The zero-order valence-corrected chi connectivity index (χ0v) is 49.9. The van der Waals surface area contributed by atoms with Crippen LogP contribution in [0.2, 0.25) is 0 Å². The molecule has 8 aromatic carbocycles. The summed E-state index contributed by atoms with van der Waals surface area (Å²) < 4.78 is 62.2. The third kappa shape index (κ3) is 15.4. The number of esters is 4. The molecule has 24 heteroatoms. The fourth-order valence-electron chi connectivity index (χ4n) is 10.7. The fourth-order valence-corrected chi connectivity index (χ4v) is 10.7. The highest BCUT2D eigenvalue weighted by molar-refractivity contribution is 5.73. The van der Waals surface area contributed by atoms with Gasteiger partial charge in [0.05, 0.1) is 0 Å². The molecule has 9 rings (SSSR count). The minimum absolute atomic E-state index is 0.0238. The third-order valence-electron chi connectivity index (χ3n) is 14.8. The number of hydrogen-bond donors (Lipinski definition) is 8. The second kappa shape index (κ2) is 30.1. The molecule has 8 aromatic rings. The van der Waals surface area contributed by atoms with Gasteiger partial charge in [0, 0.05) is 121 Å². The molecule has 0 saturated heterocycles. The highest BCUT2D eigenvalue weighted by Gasteiger charge is 2.36. The lowest BCUT2D eigenvalue weighted by molar-refractivity contribution is -0.157. The molecular weight excluding hydrogens is 1200 g/mol. The first kappa shape index (κ1) is 65.5. The molecule has 0 unspecified atom stereocenters. The van der Waals surface area contributed by atoms with Crippen molar-refractivity contribution in [2.24, 2.45) is 0 Å². The normalized spacial score (nSPS) is 14.9. The second-order valence-electron chi connectivity index (χ2n) is 20.7. The Hall–Kier alpha value is -10.9. The van der Waals surface area contributed by atoms with Gasteiger partial charge in [0.1, 0.15) is 69.0 Å². The molecule has 0 spiro atoms. The summed E-state index contributed by atoms with van der Waals surface area (Å²) in [4.78, 5) is 49.7. The number of ether oxygens (including phenoxy) is 12. The van der Waals surface area contributed by atoms with Crippen LogP contribution in [0.15, 0.2) is 146 Å².